The smallest absolute Gasteiger partial charge is 0.227 e. The SMILES string of the molecule is CN(C(=O)Cc1ccc(Cl)c(Cl)c1)[C@H](CN1CC[C@H](N2CCOCC2)C1)c1ccccc1. The van der Waals surface area contributed by atoms with Gasteiger partial charge >= 0.3 is 0 Å². The molecule has 0 aliphatic carbocycles. The van der Waals surface area contributed by atoms with Crippen LogP contribution in [-0.4, -0.2) is 79.6 Å². The normalized spacial score (nSPS) is 20.9. The van der Waals surface area contributed by atoms with Crippen molar-refractivity contribution in [3.63, 3.8) is 0 Å². The van der Waals surface area contributed by atoms with Crippen molar-refractivity contribution < 1.29 is 9.53 Å². The molecular weight excluding hydrogens is 445 g/mol. The molecule has 2 atom stereocenters. The van der Waals surface area contributed by atoms with E-state index in [-0.39, 0.29) is 11.9 Å². The van der Waals surface area contributed by atoms with Crippen LogP contribution in [0.1, 0.15) is 23.6 Å². The lowest BCUT2D eigenvalue weighted by Gasteiger charge is -2.34. The summed E-state index contributed by atoms with van der Waals surface area (Å²) in [6.45, 7) is 6.61. The maximum Gasteiger partial charge on any atom is 0.227 e. The molecule has 2 aromatic carbocycles. The van der Waals surface area contributed by atoms with E-state index in [4.69, 9.17) is 27.9 Å². The fourth-order valence-corrected chi connectivity index (χ4v) is 5.03. The van der Waals surface area contributed by atoms with Crippen LogP contribution in [-0.2, 0) is 16.0 Å². The zero-order valence-electron chi connectivity index (χ0n) is 18.6. The Morgan fingerprint density at radius 2 is 1.84 bits per heavy atom. The van der Waals surface area contributed by atoms with Gasteiger partial charge in [0.1, 0.15) is 0 Å². The summed E-state index contributed by atoms with van der Waals surface area (Å²) in [6, 6.07) is 16.3. The highest BCUT2D eigenvalue weighted by Crippen LogP contribution is 2.27. The third-order valence-electron chi connectivity index (χ3n) is 6.63. The van der Waals surface area contributed by atoms with Gasteiger partial charge in [-0.1, -0.05) is 59.6 Å². The molecular formula is C25H31Cl2N3O2. The average Bonchev–Trinajstić information content (AvgIpc) is 3.29. The molecule has 172 valence electrons. The van der Waals surface area contributed by atoms with Crippen molar-refractivity contribution in [2.45, 2.75) is 24.9 Å². The van der Waals surface area contributed by atoms with E-state index in [1.54, 1.807) is 12.1 Å². The van der Waals surface area contributed by atoms with Crippen LogP contribution in [0.5, 0.6) is 0 Å². The summed E-state index contributed by atoms with van der Waals surface area (Å²) in [6.07, 6.45) is 1.47. The summed E-state index contributed by atoms with van der Waals surface area (Å²) in [5.74, 6) is 0.0705. The number of amides is 1. The average molecular weight is 476 g/mol. The van der Waals surface area contributed by atoms with Crippen LogP contribution in [0.2, 0.25) is 10.0 Å². The van der Waals surface area contributed by atoms with Crippen molar-refractivity contribution in [2.24, 2.45) is 0 Å². The Morgan fingerprint density at radius 3 is 2.56 bits per heavy atom. The summed E-state index contributed by atoms with van der Waals surface area (Å²) in [5.41, 5.74) is 2.03. The van der Waals surface area contributed by atoms with Gasteiger partial charge in [0.05, 0.1) is 35.7 Å². The molecule has 2 aromatic rings. The third-order valence-corrected chi connectivity index (χ3v) is 7.36. The van der Waals surface area contributed by atoms with Gasteiger partial charge in [0.25, 0.3) is 0 Å². The largest absolute Gasteiger partial charge is 0.379 e. The summed E-state index contributed by atoms with van der Waals surface area (Å²) in [7, 11) is 1.91. The molecule has 2 fully saturated rings. The van der Waals surface area contributed by atoms with Gasteiger partial charge in [0.15, 0.2) is 0 Å². The number of nitrogens with zero attached hydrogens (tertiary/aromatic N) is 3. The van der Waals surface area contributed by atoms with Crippen molar-refractivity contribution in [2.75, 3.05) is 53.0 Å². The molecule has 4 rings (SSSR count). The first-order valence-corrected chi connectivity index (χ1v) is 12.1. The Kier molecular flexibility index (Phi) is 8.08. The van der Waals surface area contributed by atoms with E-state index >= 15 is 0 Å². The molecule has 0 spiro atoms. The molecule has 0 aromatic heterocycles. The van der Waals surface area contributed by atoms with E-state index in [1.807, 2.05) is 36.2 Å². The first-order valence-electron chi connectivity index (χ1n) is 11.3. The number of carbonyl (C=O) groups is 1. The predicted octanol–water partition coefficient (Wildman–Crippen LogP) is 4.14. The molecule has 1 amide bonds. The third kappa shape index (κ3) is 5.83. The van der Waals surface area contributed by atoms with Gasteiger partial charge in [-0.3, -0.25) is 14.6 Å². The molecule has 0 radical (unpaired) electrons. The number of likely N-dealkylation sites (N-methyl/N-ethyl adjacent to an activating group) is 1. The zero-order chi connectivity index (χ0) is 22.5. The Bertz CT molecular complexity index is 905. The monoisotopic (exact) mass is 475 g/mol. The minimum Gasteiger partial charge on any atom is -0.379 e. The van der Waals surface area contributed by atoms with E-state index in [2.05, 4.69) is 21.9 Å². The standard InChI is InChI=1S/C25H31Cl2N3O2/c1-28(25(31)16-19-7-8-22(26)23(27)15-19)24(20-5-3-2-4-6-20)18-29-10-9-21(17-29)30-11-13-32-14-12-30/h2-8,15,21,24H,9-14,16-18H2,1H3/t21-,24+/m0/s1. The highest BCUT2D eigenvalue weighted by molar-refractivity contribution is 6.42. The fraction of sp³-hybridized carbons (Fsp3) is 0.480. The van der Waals surface area contributed by atoms with Crippen molar-refractivity contribution in [1.29, 1.82) is 0 Å². The lowest BCUT2D eigenvalue weighted by molar-refractivity contribution is -0.131. The number of ether oxygens (including phenoxy) is 1. The van der Waals surface area contributed by atoms with E-state index < -0.39 is 0 Å². The lowest BCUT2D eigenvalue weighted by atomic mass is 10.0. The first-order chi connectivity index (χ1) is 15.5. The molecule has 2 aliphatic rings. The van der Waals surface area contributed by atoms with Crippen LogP contribution in [0.4, 0.5) is 0 Å². The summed E-state index contributed by atoms with van der Waals surface area (Å²) < 4.78 is 5.51. The molecule has 5 nitrogen and oxygen atoms in total. The molecule has 2 aliphatic heterocycles. The molecule has 7 heteroatoms. The van der Waals surface area contributed by atoms with Gasteiger partial charge in [0.2, 0.25) is 5.91 Å². The Balaban J connectivity index is 1.44. The van der Waals surface area contributed by atoms with Crippen LogP contribution < -0.4 is 0 Å². The summed E-state index contributed by atoms with van der Waals surface area (Å²) in [4.78, 5) is 20.2. The second kappa shape index (κ2) is 11.0. The fourth-order valence-electron chi connectivity index (χ4n) is 4.71. The minimum absolute atomic E-state index is 0.00471. The Labute approximate surface area is 200 Å². The molecule has 2 heterocycles. The van der Waals surface area contributed by atoms with Gasteiger partial charge in [-0.15, -0.1) is 0 Å². The number of rotatable bonds is 7. The molecule has 0 bridgehead atoms. The molecule has 32 heavy (non-hydrogen) atoms. The van der Waals surface area contributed by atoms with Crippen LogP contribution >= 0.6 is 23.2 Å². The van der Waals surface area contributed by atoms with E-state index in [0.29, 0.717) is 22.5 Å². The number of benzene rings is 2. The van der Waals surface area contributed by atoms with Crippen LogP contribution in [0.3, 0.4) is 0 Å². The number of hydrogen-bond donors (Lipinski definition) is 0. The number of halogens is 2. The first kappa shape index (κ1) is 23.5. The number of likely N-dealkylation sites (tertiary alicyclic amines) is 1. The topological polar surface area (TPSA) is 36.0 Å². The number of hydrogen-bond acceptors (Lipinski definition) is 4. The van der Waals surface area contributed by atoms with Crippen LogP contribution in [0.25, 0.3) is 0 Å². The molecule has 0 N–H and O–H groups in total. The number of morpholine rings is 1. The highest BCUT2D eigenvalue weighted by atomic mass is 35.5. The molecule has 0 saturated carbocycles. The highest BCUT2D eigenvalue weighted by Gasteiger charge is 2.32. The minimum atomic E-state index is -0.00471. The van der Waals surface area contributed by atoms with Crippen molar-refractivity contribution >= 4 is 29.1 Å². The Hall–Kier alpha value is -1.63. The summed E-state index contributed by atoms with van der Waals surface area (Å²) in [5, 5.41) is 0.979. The maximum atomic E-state index is 13.2. The van der Waals surface area contributed by atoms with Gasteiger partial charge in [0, 0.05) is 39.3 Å². The van der Waals surface area contributed by atoms with Gasteiger partial charge in [-0.2, -0.15) is 0 Å². The maximum absolute atomic E-state index is 13.2. The Morgan fingerprint density at radius 1 is 1.09 bits per heavy atom. The second-order valence-corrected chi connectivity index (χ2v) is 9.52. The van der Waals surface area contributed by atoms with E-state index in [9.17, 15) is 4.79 Å². The van der Waals surface area contributed by atoms with Crippen molar-refractivity contribution in [3.8, 4) is 0 Å². The number of carbonyl (C=O) groups excluding carboxylic acids is 1. The quantitative estimate of drug-likeness (QED) is 0.602. The lowest BCUT2D eigenvalue weighted by Crippen LogP contribution is -2.45. The van der Waals surface area contributed by atoms with Crippen molar-refractivity contribution in [1.82, 2.24) is 14.7 Å². The zero-order valence-corrected chi connectivity index (χ0v) is 20.1. The summed E-state index contributed by atoms with van der Waals surface area (Å²) >= 11 is 12.2. The van der Waals surface area contributed by atoms with Crippen LogP contribution in [0, 0.1) is 0 Å². The van der Waals surface area contributed by atoms with Crippen molar-refractivity contribution in [3.05, 3.63) is 69.7 Å². The second-order valence-electron chi connectivity index (χ2n) is 8.71. The van der Waals surface area contributed by atoms with Crippen LogP contribution in [0.15, 0.2) is 48.5 Å². The predicted molar refractivity (Wildman–Crippen MR) is 129 cm³/mol. The van der Waals surface area contributed by atoms with E-state index in [1.165, 1.54) is 6.42 Å². The van der Waals surface area contributed by atoms with Gasteiger partial charge < -0.3 is 9.64 Å². The van der Waals surface area contributed by atoms with Gasteiger partial charge in [-0.05, 0) is 36.2 Å². The van der Waals surface area contributed by atoms with Gasteiger partial charge in [-0.25, -0.2) is 0 Å². The molecule has 2 saturated heterocycles. The molecule has 0 unspecified atom stereocenters. The van der Waals surface area contributed by atoms with E-state index in [0.717, 1.165) is 57.1 Å².